The lowest BCUT2D eigenvalue weighted by molar-refractivity contribution is 0.695. The molecule has 86 valence electrons. The first kappa shape index (κ1) is 14.2. The molecule has 0 spiro atoms. The van der Waals surface area contributed by atoms with Crippen LogP contribution in [0.25, 0.3) is 0 Å². The van der Waals surface area contributed by atoms with Crippen molar-refractivity contribution in [2.75, 3.05) is 0 Å². The predicted molar refractivity (Wildman–Crippen MR) is 71.1 cm³/mol. The first-order chi connectivity index (χ1) is 7.41. The monoisotopic (exact) mass is 206 g/mol. The van der Waals surface area contributed by atoms with Crippen molar-refractivity contribution in [3.8, 4) is 0 Å². The molecular weight excluding hydrogens is 180 g/mol. The van der Waals surface area contributed by atoms with E-state index < -0.39 is 0 Å². The van der Waals surface area contributed by atoms with E-state index in [-0.39, 0.29) is 0 Å². The highest BCUT2D eigenvalue weighted by Gasteiger charge is 1.85. The third kappa shape index (κ3) is 13.2. The lowest BCUT2D eigenvalue weighted by Gasteiger charge is -1.94. The van der Waals surface area contributed by atoms with Gasteiger partial charge in [-0.05, 0) is 45.4 Å². The zero-order chi connectivity index (χ0) is 11.2. The Morgan fingerprint density at radius 1 is 0.733 bits per heavy atom. The molecule has 0 amide bonds. The largest absolute Gasteiger partial charge is 0.0914 e. The Labute approximate surface area is 95.8 Å². The maximum absolute atomic E-state index is 2.31. The molecule has 0 aliphatic carbocycles. The van der Waals surface area contributed by atoms with Crippen molar-refractivity contribution in [3.05, 3.63) is 36.5 Å². The molecule has 0 aromatic heterocycles. The number of hydrogen-bond acceptors (Lipinski definition) is 0. The average molecular weight is 206 g/mol. The topological polar surface area (TPSA) is 0 Å². The van der Waals surface area contributed by atoms with Gasteiger partial charge in [0.25, 0.3) is 0 Å². The summed E-state index contributed by atoms with van der Waals surface area (Å²) >= 11 is 0. The first-order valence-corrected chi connectivity index (χ1v) is 6.33. The van der Waals surface area contributed by atoms with Crippen molar-refractivity contribution >= 4 is 0 Å². The zero-order valence-corrected chi connectivity index (χ0v) is 10.4. The molecule has 0 atom stereocenters. The summed E-state index contributed by atoms with van der Waals surface area (Å²) in [5.41, 5.74) is 0. The lowest BCUT2D eigenvalue weighted by Crippen LogP contribution is -1.74. The second kappa shape index (κ2) is 13.2. The molecule has 0 heteroatoms. The van der Waals surface area contributed by atoms with Crippen LogP contribution in [0.4, 0.5) is 0 Å². The number of allylic oxidation sites excluding steroid dienone is 6. The molecule has 0 fully saturated rings. The van der Waals surface area contributed by atoms with Crippen LogP contribution in [0.1, 0.15) is 58.8 Å². The molecule has 15 heavy (non-hydrogen) atoms. The van der Waals surface area contributed by atoms with Crippen molar-refractivity contribution in [1.82, 2.24) is 0 Å². The van der Waals surface area contributed by atoms with Gasteiger partial charge in [-0.1, -0.05) is 49.8 Å². The fraction of sp³-hybridized carbons (Fsp3) is 0.600. The van der Waals surface area contributed by atoms with Crippen LogP contribution in [-0.4, -0.2) is 0 Å². The molecule has 0 bridgehead atoms. The summed E-state index contributed by atoms with van der Waals surface area (Å²) in [6.07, 6.45) is 22.2. The molecule has 0 aromatic carbocycles. The number of unbranched alkanes of at least 4 members (excludes halogenated alkanes) is 4. The smallest absolute Gasteiger partial charge is 0.0169 e. The molecule has 0 unspecified atom stereocenters. The van der Waals surface area contributed by atoms with Gasteiger partial charge in [-0.2, -0.15) is 0 Å². The first-order valence-electron chi connectivity index (χ1n) is 6.33. The highest BCUT2D eigenvalue weighted by molar-refractivity contribution is 4.91. The maximum Gasteiger partial charge on any atom is -0.0169 e. The van der Waals surface area contributed by atoms with Crippen LogP contribution in [0, 0.1) is 0 Å². The Bertz CT molecular complexity index is 184. The summed E-state index contributed by atoms with van der Waals surface area (Å²) in [5, 5.41) is 0. The van der Waals surface area contributed by atoms with Crippen molar-refractivity contribution < 1.29 is 0 Å². The van der Waals surface area contributed by atoms with Crippen LogP contribution in [0.5, 0.6) is 0 Å². The Morgan fingerprint density at radius 2 is 1.40 bits per heavy atom. The van der Waals surface area contributed by atoms with Gasteiger partial charge in [0.15, 0.2) is 0 Å². The van der Waals surface area contributed by atoms with Crippen LogP contribution in [-0.2, 0) is 0 Å². The lowest BCUT2D eigenvalue weighted by atomic mass is 10.1. The van der Waals surface area contributed by atoms with Gasteiger partial charge in [-0.15, -0.1) is 0 Å². The second-order valence-corrected chi connectivity index (χ2v) is 3.79. The minimum Gasteiger partial charge on any atom is -0.0914 e. The number of hydrogen-bond donors (Lipinski definition) is 0. The second-order valence-electron chi connectivity index (χ2n) is 3.79. The van der Waals surface area contributed by atoms with E-state index in [0.29, 0.717) is 0 Å². The van der Waals surface area contributed by atoms with Crippen molar-refractivity contribution in [1.29, 1.82) is 0 Å². The average Bonchev–Trinajstić information content (AvgIpc) is 2.26. The third-order valence-electron chi connectivity index (χ3n) is 2.32. The fourth-order valence-electron chi connectivity index (χ4n) is 1.41. The quantitative estimate of drug-likeness (QED) is 0.349. The van der Waals surface area contributed by atoms with Crippen LogP contribution in [0.15, 0.2) is 36.5 Å². The SMILES string of the molecule is CC=CCC=CCCCCCC=CCC. The van der Waals surface area contributed by atoms with Crippen LogP contribution in [0.3, 0.4) is 0 Å². The van der Waals surface area contributed by atoms with Gasteiger partial charge in [-0.3, -0.25) is 0 Å². The Morgan fingerprint density at radius 3 is 2.00 bits per heavy atom. The summed E-state index contributed by atoms with van der Waals surface area (Å²) < 4.78 is 0. The molecule has 0 nitrogen and oxygen atoms in total. The van der Waals surface area contributed by atoms with E-state index in [1.165, 1.54) is 38.5 Å². The van der Waals surface area contributed by atoms with Crippen LogP contribution in [0.2, 0.25) is 0 Å². The van der Waals surface area contributed by atoms with Crippen molar-refractivity contribution in [2.24, 2.45) is 0 Å². The highest BCUT2D eigenvalue weighted by atomic mass is 13.9. The standard InChI is InChI=1S/C15H26/c1-3-5-7-9-11-13-15-14-12-10-8-6-4-2/h3,5-6,8-9,11H,4,7,10,12-15H2,1-2H3. The summed E-state index contributed by atoms with van der Waals surface area (Å²) in [4.78, 5) is 0. The molecule has 0 heterocycles. The Kier molecular flexibility index (Phi) is 12.5. The van der Waals surface area contributed by atoms with Gasteiger partial charge in [0.2, 0.25) is 0 Å². The molecular formula is C15H26. The summed E-state index contributed by atoms with van der Waals surface area (Å²) in [6.45, 7) is 4.25. The van der Waals surface area contributed by atoms with Gasteiger partial charge in [0.1, 0.15) is 0 Å². The summed E-state index contributed by atoms with van der Waals surface area (Å²) in [7, 11) is 0. The van der Waals surface area contributed by atoms with E-state index in [2.05, 4.69) is 50.3 Å². The maximum atomic E-state index is 2.31. The molecule has 0 saturated heterocycles. The highest BCUT2D eigenvalue weighted by Crippen LogP contribution is 2.05. The van der Waals surface area contributed by atoms with Crippen molar-refractivity contribution in [2.45, 2.75) is 58.8 Å². The van der Waals surface area contributed by atoms with Crippen LogP contribution >= 0.6 is 0 Å². The van der Waals surface area contributed by atoms with E-state index >= 15 is 0 Å². The normalized spacial score (nSPS) is 12.4. The molecule has 0 N–H and O–H groups in total. The summed E-state index contributed by atoms with van der Waals surface area (Å²) in [5.74, 6) is 0. The van der Waals surface area contributed by atoms with Gasteiger partial charge in [0, 0.05) is 0 Å². The van der Waals surface area contributed by atoms with Crippen LogP contribution < -0.4 is 0 Å². The Balaban J connectivity index is 3.10. The van der Waals surface area contributed by atoms with Gasteiger partial charge in [0.05, 0.1) is 0 Å². The fourth-order valence-corrected chi connectivity index (χ4v) is 1.41. The van der Waals surface area contributed by atoms with E-state index in [4.69, 9.17) is 0 Å². The van der Waals surface area contributed by atoms with E-state index in [0.717, 1.165) is 6.42 Å². The molecule has 0 aliphatic rings. The van der Waals surface area contributed by atoms with E-state index in [1.807, 2.05) is 0 Å². The summed E-state index contributed by atoms with van der Waals surface area (Å²) in [6, 6.07) is 0. The molecule has 0 radical (unpaired) electrons. The van der Waals surface area contributed by atoms with Gasteiger partial charge < -0.3 is 0 Å². The zero-order valence-electron chi connectivity index (χ0n) is 10.4. The third-order valence-corrected chi connectivity index (χ3v) is 2.32. The van der Waals surface area contributed by atoms with Gasteiger partial charge >= 0.3 is 0 Å². The van der Waals surface area contributed by atoms with E-state index in [9.17, 15) is 0 Å². The predicted octanol–water partition coefficient (Wildman–Crippen LogP) is 5.43. The molecule has 0 aliphatic heterocycles. The molecule has 0 aromatic rings. The minimum atomic E-state index is 1.09. The number of rotatable bonds is 9. The van der Waals surface area contributed by atoms with Gasteiger partial charge in [-0.25, -0.2) is 0 Å². The Hall–Kier alpha value is -0.780. The molecule has 0 saturated carbocycles. The minimum absolute atomic E-state index is 1.09. The van der Waals surface area contributed by atoms with E-state index in [1.54, 1.807) is 0 Å². The van der Waals surface area contributed by atoms with Crippen molar-refractivity contribution in [3.63, 3.8) is 0 Å². The molecule has 0 rings (SSSR count).